The summed E-state index contributed by atoms with van der Waals surface area (Å²) in [6, 6.07) is 8.53. The van der Waals surface area contributed by atoms with Crippen LogP contribution in [0, 0.1) is 6.92 Å². The number of hydrogen-bond donors (Lipinski definition) is 2. The predicted molar refractivity (Wildman–Crippen MR) is 93.5 cm³/mol. The largest absolute Gasteiger partial charge is 0.497 e. The molecular formula is C18H21N3O3. The molecule has 24 heavy (non-hydrogen) atoms. The van der Waals surface area contributed by atoms with Crippen molar-refractivity contribution in [3.05, 3.63) is 47.7 Å². The Labute approximate surface area is 141 Å². The Morgan fingerprint density at radius 3 is 2.46 bits per heavy atom. The highest BCUT2D eigenvalue weighted by molar-refractivity contribution is 6.04. The second-order valence-corrected chi connectivity index (χ2v) is 5.37. The zero-order valence-electron chi connectivity index (χ0n) is 14.1. The van der Waals surface area contributed by atoms with E-state index in [2.05, 4.69) is 15.6 Å². The fraction of sp³-hybridized carbons (Fsp3) is 0.278. The highest BCUT2D eigenvalue weighted by atomic mass is 16.5. The van der Waals surface area contributed by atoms with E-state index in [-0.39, 0.29) is 11.8 Å². The van der Waals surface area contributed by atoms with E-state index in [0.717, 1.165) is 12.0 Å². The van der Waals surface area contributed by atoms with E-state index < -0.39 is 0 Å². The monoisotopic (exact) mass is 327 g/mol. The third-order valence-corrected chi connectivity index (χ3v) is 3.46. The maximum Gasteiger partial charge on any atom is 0.256 e. The summed E-state index contributed by atoms with van der Waals surface area (Å²) in [7, 11) is 1.57. The first kappa shape index (κ1) is 17.5. The van der Waals surface area contributed by atoms with E-state index in [1.54, 1.807) is 43.6 Å². The number of nitrogens with one attached hydrogen (secondary N) is 2. The maximum absolute atomic E-state index is 12.2. The van der Waals surface area contributed by atoms with E-state index in [1.807, 2.05) is 13.8 Å². The third kappa shape index (κ3) is 4.55. The molecule has 0 aliphatic heterocycles. The minimum atomic E-state index is -0.257. The molecule has 2 amide bonds. The fourth-order valence-electron chi connectivity index (χ4n) is 2.13. The maximum atomic E-state index is 12.2. The lowest BCUT2D eigenvalue weighted by molar-refractivity contribution is -0.116. The Balaban J connectivity index is 2.05. The number of anilines is 2. The van der Waals surface area contributed by atoms with Crippen molar-refractivity contribution in [3.8, 4) is 5.75 Å². The summed E-state index contributed by atoms with van der Waals surface area (Å²) in [6.07, 6.45) is 2.80. The molecule has 0 saturated carbocycles. The minimum Gasteiger partial charge on any atom is -0.497 e. The number of pyridine rings is 1. The summed E-state index contributed by atoms with van der Waals surface area (Å²) in [6.45, 7) is 3.80. The summed E-state index contributed by atoms with van der Waals surface area (Å²) in [5, 5.41) is 5.55. The highest BCUT2D eigenvalue weighted by Gasteiger charge is 2.09. The molecule has 0 atom stereocenters. The minimum absolute atomic E-state index is 0.0441. The molecule has 0 radical (unpaired) electrons. The summed E-state index contributed by atoms with van der Waals surface area (Å²) < 4.78 is 5.07. The molecule has 0 bridgehead atoms. The van der Waals surface area contributed by atoms with Crippen LogP contribution in [0.25, 0.3) is 0 Å². The van der Waals surface area contributed by atoms with Crippen LogP contribution in [0.2, 0.25) is 0 Å². The van der Waals surface area contributed by atoms with Crippen LogP contribution in [-0.4, -0.2) is 23.9 Å². The number of methoxy groups -OCH3 is 1. The van der Waals surface area contributed by atoms with E-state index in [4.69, 9.17) is 4.74 Å². The molecule has 2 aromatic rings. The zero-order valence-corrected chi connectivity index (χ0v) is 14.1. The molecule has 0 fully saturated rings. The lowest BCUT2D eigenvalue weighted by Gasteiger charge is -2.10. The molecule has 1 aromatic carbocycles. The average molecular weight is 327 g/mol. The van der Waals surface area contributed by atoms with Gasteiger partial charge in [-0.1, -0.05) is 6.92 Å². The van der Waals surface area contributed by atoms with Crippen LogP contribution in [0.3, 0.4) is 0 Å². The Hall–Kier alpha value is -2.89. The SMILES string of the molecule is CCCC(=O)Nc1cnc(NC(=O)c2ccc(OC)cc2)cc1C. The number of carbonyl (C=O) groups excluding carboxylic acids is 2. The van der Waals surface area contributed by atoms with Crippen LogP contribution in [0.1, 0.15) is 35.7 Å². The number of amides is 2. The Morgan fingerprint density at radius 1 is 1.17 bits per heavy atom. The predicted octanol–water partition coefficient (Wildman–Crippen LogP) is 3.39. The number of aromatic nitrogens is 1. The van der Waals surface area contributed by atoms with Crippen LogP contribution < -0.4 is 15.4 Å². The lowest BCUT2D eigenvalue weighted by atomic mass is 10.2. The average Bonchev–Trinajstić information content (AvgIpc) is 2.57. The molecule has 2 rings (SSSR count). The van der Waals surface area contributed by atoms with Crippen molar-refractivity contribution in [2.75, 3.05) is 17.7 Å². The van der Waals surface area contributed by atoms with Gasteiger partial charge in [0.2, 0.25) is 5.91 Å². The van der Waals surface area contributed by atoms with Crippen molar-refractivity contribution in [1.82, 2.24) is 4.98 Å². The zero-order chi connectivity index (χ0) is 17.5. The third-order valence-electron chi connectivity index (χ3n) is 3.46. The van der Waals surface area contributed by atoms with Crippen LogP contribution in [-0.2, 0) is 4.79 Å². The first-order chi connectivity index (χ1) is 11.5. The van der Waals surface area contributed by atoms with Gasteiger partial charge in [0.05, 0.1) is 19.0 Å². The van der Waals surface area contributed by atoms with Gasteiger partial charge in [0.25, 0.3) is 5.91 Å². The summed E-state index contributed by atoms with van der Waals surface area (Å²) >= 11 is 0. The molecule has 1 aromatic heterocycles. The second kappa shape index (κ2) is 8.10. The molecule has 126 valence electrons. The quantitative estimate of drug-likeness (QED) is 0.852. The van der Waals surface area contributed by atoms with Crippen LogP contribution in [0.4, 0.5) is 11.5 Å². The first-order valence-electron chi connectivity index (χ1n) is 7.75. The molecule has 0 aliphatic carbocycles. The standard InChI is InChI=1S/C18H21N3O3/c1-4-5-17(22)20-15-11-19-16(10-12(15)2)21-18(23)13-6-8-14(24-3)9-7-13/h6-11H,4-5H2,1-3H3,(H,20,22)(H,19,21,23). The molecule has 6 heteroatoms. The van der Waals surface area contributed by atoms with Gasteiger partial charge in [-0.3, -0.25) is 9.59 Å². The first-order valence-corrected chi connectivity index (χ1v) is 7.75. The van der Waals surface area contributed by atoms with Crippen molar-refractivity contribution < 1.29 is 14.3 Å². The smallest absolute Gasteiger partial charge is 0.256 e. The van der Waals surface area contributed by atoms with Gasteiger partial charge in [0.15, 0.2) is 0 Å². The Bertz CT molecular complexity index is 727. The summed E-state index contributed by atoms with van der Waals surface area (Å²) in [5.41, 5.74) is 1.99. The van der Waals surface area contributed by atoms with Gasteiger partial charge in [0.1, 0.15) is 11.6 Å². The van der Waals surface area contributed by atoms with E-state index >= 15 is 0 Å². The van der Waals surface area contributed by atoms with Crippen LogP contribution in [0.15, 0.2) is 36.5 Å². The molecule has 2 N–H and O–H groups in total. The van der Waals surface area contributed by atoms with Crippen molar-refractivity contribution in [1.29, 1.82) is 0 Å². The van der Waals surface area contributed by atoms with Gasteiger partial charge in [-0.25, -0.2) is 4.98 Å². The molecule has 0 saturated heterocycles. The van der Waals surface area contributed by atoms with Crippen molar-refractivity contribution >= 4 is 23.3 Å². The van der Waals surface area contributed by atoms with E-state index in [1.165, 1.54) is 0 Å². The van der Waals surface area contributed by atoms with Gasteiger partial charge >= 0.3 is 0 Å². The van der Waals surface area contributed by atoms with Gasteiger partial charge in [-0.2, -0.15) is 0 Å². The number of hydrogen-bond acceptors (Lipinski definition) is 4. The Kier molecular flexibility index (Phi) is 5.89. The normalized spacial score (nSPS) is 10.1. The van der Waals surface area contributed by atoms with Crippen molar-refractivity contribution in [2.24, 2.45) is 0 Å². The number of carbonyl (C=O) groups is 2. The van der Waals surface area contributed by atoms with Gasteiger partial charge in [0, 0.05) is 12.0 Å². The molecular weight excluding hydrogens is 306 g/mol. The second-order valence-electron chi connectivity index (χ2n) is 5.37. The van der Waals surface area contributed by atoms with Crippen molar-refractivity contribution in [3.63, 3.8) is 0 Å². The van der Waals surface area contributed by atoms with Gasteiger partial charge < -0.3 is 15.4 Å². The number of nitrogens with zero attached hydrogens (tertiary/aromatic N) is 1. The lowest BCUT2D eigenvalue weighted by Crippen LogP contribution is -2.15. The number of aryl methyl sites for hydroxylation is 1. The molecule has 0 spiro atoms. The number of rotatable bonds is 6. The molecule has 0 unspecified atom stereocenters. The van der Waals surface area contributed by atoms with Crippen LogP contribution in [0.5, 0.6) is 5.75 Å². The topological polar surface area (TPSA) is 80.3 Å². The van der Waals surface area contributed by atoms with E-state index in [9.17, 15) is 9.59 Å². The summed E-state index contributed by atoms with van der Waals surface area (Å²) in [5.74, 6) is 0.819. The van der Waals surface area contributed by atoms with E-state index in [0.29, 0.717) is 29.2 Å². The number of ether oxygens (including phenoxy) is 1. The van der Waals surface area contributed by atoms with Crippen molar-refractivity contribution in [2.45, 2.75) is 26.7 Å². The molecule has 0 aliphatic rings. The Morgan fingerprint density at radius 2 is 1.88 bits per heavy atom. The molecule has 1 heterocycles. The van der Waals surface area contributed by atoms with Crippen LogP contribution >= 0.6 is 0 Å². The number of benzene rings is 1. The summed E-state index contributed by atoms with van der Waals surface area (Å²) in [4.78, 5) is 28.0. The highest BCUT2D eigenvalue weighted by Crippen LogP contribution is 2.18. The van der Waals surface area contributed by atoms with Gasteiger partial charge in [-0.05, 0) is 49.2 Å². The molecule has 6 nitrogen and oxygen atoms in total. The fourth-order valence-corrected chi connectivity index (χ4v) is 2.13. The van der Waals surface area contributed by atoms with Gasteiger partial charge in [-0.15, -0.1) is 0 Å².